The fourth-order valence-corrected chi connectivity index (χ4v) is 5.19. The Labute approximate surface area is 171 Å². The second kappa shape index (κ2) is 8.81. The van der Waals surface area contributed by atoms with Gasteiger partial charge < -0.3 is 4.90 Å². The first-order chi connectivity index (χ1) is 12.5. The molecule has 1 N–H and O–H groups in total. The predicted molar refractivity (Wildman–Crippen MR) is 118 cm³/mol. The molecule has 3 rings (SSSR count). The third-order valence-electron chi connectivity index (χ3n) is 5.12. The van der Waals surface area contributed by atoms with Crippen molar-refractivity contribution in [2.45, 2.75) is 57.9 Å². The molecule has 2 nitrogen and oxygen atoms in total. The molecule has 0 spiro atoms. The van der Waals surface area contributed by atoms with E-state index in [-0.39, 0.29) is 0 Å². The molecule has 1 heterocycles. The smallest absolute Gasteiger partial charge is 0.0400 e. The van der Waals surface area contributed by atoms with E-state index >= 15 is 0 Å². The molecule has 1 aliphatic rings. The zero-order valence-corrected chi connectivity index (χ0v) is 18.6. The molecule has 0 aromatic heterocycles. The molecule has 26 heavy (non-hydrogen) atoms. The van der Waals surface area contributed by atoms with E-state index in [2.05, 4.69) is 83.6 Å². The van der Waals surface area contributed by atoms with Crippen molar-refractivity contribution in [3.05, 3.63) is 57.1 Å². The highest BCUT2D eigenvalue weighted by Gasteiger charge is 2.20. The number of hydrogen-bond acceptors (Lipinski definition) is 3. The molecule has 2 aromatic carbocycles. The largest absolute Gasteiger partial charge is 0.370 e. The Balaban J connectivity index is 1.68. The zero-order valence-electron chi connectivity index (χ0n) is 16.2. The first-order valence-corrected chi connectivity index (χ1v) is 11.1. The van der Waals surface area contributed by atoms with Crippen molar-refractivity contribution in [3.63, 3.8) is 0 Å². The summed E-state index contributed by atoms with van der Waals surface area (Å²) in [6.07, 6.45) is 3.55. The summed E-state index contributed by atoms with van der Waals surface area (Å²) in [7, 11) is 0. The highest BCUT2D eigenvalue weighted by atomic mass is 79.9. The third-order valence-corrected chi connectivity index (χ3v) is 6.91. The maximum atomic E-state index is 3.74. The van der Waals surface area contributed by atoms with E-state index in [1.54, 1.807) is 11.9 Å². The monoisotopic (exact) mass is 432 g/mol. The lowest BCUT2D eigenvalue weighted by atomic mass is 10.0. The minimum absolute atomic E-state index is 0.467. The van der Waals surface area contributed by atoms with Gasteiger partial charge in [0, 0.05) is 34.2 Å². The number of nitrogens with zero attached hydrogens (tertiary/aromatic N) is 1. The summed E-state index contributed by atoms with van der Waals surface area (Å²) < 4.78 is 4.93. The molecular formula is C22H29BrN2S. The average molecular weight is 433 g/mol. The summed E-state index contributed by atoms with van der Waals surface area (Å²) >= 11 is 5.41. The highest BCUT2D eigenvalue weighted by Crippen LogP contribution is 2.31. The second-order valence-corrected chi connectivity index (χ2v) is 9.14. The van der Waals surface area contributed by atoms with Gasteiger partial charge >= 0.3 is 0 Å². The number of benzene rings is 2. The van der Waals surface area contributed by atoms with Gasteiger partial charge in [-0.2, -0.15) is 0 Å². The normalized spacial score (nSPS) is 15.0. The molecule has 0 bridgehead atoms. The summed E-state index contributed by atoms with van der Waals surface area (Å²) in [4.78, 5) is 3.93. The van der Waals surface area contributed by atoms with Crippen LogP contribution in [0.3, 0.4) is 0 Å². The van der Waals surface area contributed by atoms with Crippen LogP contribution < -0.4 is 9.62 Å². The summed E-state index contributed by atoms with van der Waals surface area (Å²) in [5.74, 6) is 0. The van der Waals surface area contributed by atoms with Crippen molar-refractivity contribution in [1.29, 1.82) is 0 Å². The molecule has 4 heteroatoms. The third kappa shape index (κ3) is 4.65. The van der Waals surface area contributed by atoms with Crippen molar-refractivity contribution in [3.8, 4) is 0 Å². The SMILES string of the molecule is CCC(CN1CCCc2cc(Br)ccc21)NSc1c(C)cc(C)cc1C. The van der Waals surface area contributed by atoms with Gasteiger partial charge in [-0.25, -0.2) is 0 Å². The number of fused-ring (bicyclic) bond motifs is 1. The van der Waals surface area contributed by atoms with Crippen molar-refractivity contribution >= 4 is 33.6 Å². The first kappa shape index (κ1) is 19.8. The molecule has 140 valence electrons. The van der Waals surface area contributed by atoms with Gasteiger partial charge in [-0.05, 0) is 86.9 Å². The van der Waals surface area contributed by atoms with Crippen LogP contribution in [0.25, 0.3) is 0 Å². The van der Waals surface area contributed by atoms with E-state index in [1.807, 2.05) is 0 Å². The molecule has 0 amide bonds. The quantitative estimate of drug-likeness (QED) is 0.546. The predicted octanol–water partition coefficient (Wildman–Crippen LogP) is 6.20. The van der Waals surface area contributed by atoms with Crippen LogP contribution in [0.1, 0.15) is 42.0 Å². The average Bonchev–Trinajstić information content (AvgIpc) is 2.59. The van der Waals surface area contributed by atoms with E-state index < -0.39 is 0 Å². The molecule has 0 saturated carbocycles. The van der Waals surface area contributed by atoms with Crippen molar-refractivity contribution < 1.29 is 0 Å². The number of anilines is 1. The Hall–Kier alpha value is -0.970. The van der Waals surface area contributed by atoms with Crippen molar-refractivity contribution in [1.82, 2.24) is 4.72 Å². The number of nitrogens with one attached hydrogen (secondary N) is 1. The molecule has 2 aromatic rings. The second-order valence-electron chi connectivity index (χ2n) is 7.38. The lowest BCUT2D eigenvalue weighted by Gasteiger charge is -2.34. The van der Waals surface area contributed by atoms with E-state index in [0.717, 1.165) is 19.5 Å². The fraction of sp³-hybridized carbons (Fsp3) is 0.455. The van der Waals surface area contributed by atoms with Crippen LogP contribution in [-0.4, -0.2) is 19.1 Å². The molecular weight excluding hydrogens is 404 g/mol. The van der Waals surface area contributed by atoms with Crippen molar-refractivity contribution in [2.24, 2.45) is 0 Å². The van der Waals surface area contributed by atoms with Crippen LogP contribution in [0.15, 0.2) is 39.7 Å². The van der Waals surface area contributed by atoms with Gasteiger partial charge in [0.25, 0.3) is 0 Å². The maximum Gasteiger partial charge on any atom is 0.0400 e. The molecule has 1 aliphatic heterocycles. The Bertz CT molecular complexity index is 752. The molecule has 0 saturated heterocycles. The van der Waals surface area contributed by atoms with Crippen LogP contribution in [0.5, 0.6) is 0 Å². The van der Waals surface area contributed by atoms with Gasteiger partial charge in [-0.15, -0.1) is 0 Å². The minimum atomic E-state index is 0.467. The first-order valence-electron chi connectivity index (χ1n) is 9.51. The van der Waals surface area contributed by atoms with Gasteiger partial charge in [0.05, 0.1) is 0 Å². The van der Waals surface area contributed by atoms with Crippen LogP contribution in [0.2, 0.25) is 0 Å². The summed E-state index contributed by atoms with van der Waals surface area (Å²) in [6.45, 7) is 11.1. The van der Waals surface area contributed by atoms with E-state index in [0.29, 0.717) is 6.04 Å². The minimum Gasteiger partial charge on any atom is -0.370 e. The number of aryl methyl sites for hydroxylation is 4. The van der Waals surface area contributed by atoms with Gasteiger partial charge in [-0.3, -0.25) is 4.72 Å². The topological polar surface area (TPSA) is 15.3 Å². The van der Waals surface area contributed by atoms with Gasteiger partial charge in [-0.1, -0.05) is 40.5 Å². The summed E-state index contributed by atoms with van der Waals surface area (Å²) in [6, 6.07) is 11.7. The lowest BCUT2D eigenvalue weighted by Crippen LogP contribution is -2.40. The highest BCUT2D eigenvalue weighted by molar-refractivity contribution is 9.10. The molecule has 0 fully saturated rings. The summed E-state index contributed by atoms with van der Waals surface area (Å²) in [5, 5.41) is 0. The van der Waals surface area contributed by atoms with Crippen LogP contribution in [0.4, 0.5) is 5.69 Å². The molecule has 1 unspecified atom stereocenters. The van der Waals surface area contributed by atoms with Gasteiger partial charge in [0.2, 0.25) is 0 Å². The van der Waals surface area contributed by atoms with Crippen LogP contribution in [-0.2, 0) is 6.42 Å². The van der Waals surface area contributed by atoms with Crippen molar-refractivity contribution in [2.75, 3.05) is 18.0 Å². The Morgan fingerprint density at radius 3 is 2.58 bits per heavy atom. The van der Waals surface area contributed by atoms with Crippen LogP contribution >= 0.6 is 27.9 Å². The zero-order chi connectivity index (χ0) is 18.7. The molecule has 0 aliphatic carbocycles. The van der Waals surface area contributed by atoms with Gasteiger partial charge in [0.1, 0.15) is 0 Å². The number of hydrogen-bond donors (Lipinski definition) is 1. The Morgan fingerprint density at radius 1 is 1.15 bits per heavy atom. The maximum absolute atomic E-state index is 3.74. The van der Waals surface area contributed by atoms with Gasteiger partial charge in [0.15, 0.2) is 0 Å². The Morgan fingerprint density at radius 2 is 1.88 bits per heavy atom. The number of halogens is 1. The molecule has 1 atom stereocenters. The van der Waals surface area contributed by atoms with Crippen LogP contribution in [0, 0.1) is 20.8 Å². The fourth-order valence-electron chi connectivity index (χ4n) is 3.82. The van der Waals surface area contributed by atoms with E-state index in [1.165, 1.54) is 50.2 Å². The standard InChI is InChI=1S/C22H29BrN2S/c1-5-20(24-26-22-16(3)11-15(2)12-17(22)4)14-25-10-6-7-18-13-19(23)8-9-21(18)25/h8-9,11-13,20,24H,5-7,10,14H2,1-4H3. The summed E-state index contributed by atoms with van der Waals surface area (Å²) in [5.41, 5.74) is 6.95. The lowest BCUT2D eigenvalue weighted by molar-refractivity contribution is 0.566. The Kier molecular flexibility index (Phi) is 6.70. The van der Waals surface area contributed by atoms with E-state index in [9.17, 15) is 0 Å². The number of rotatable bonds is 6. The van der Waals surface area contributed by atoms with E-state index in [4.69, 9.17) is 0 Å². The molecule has 0 radical (unpaired) electrons.